The summed E-state index contributed by atoms with van der Waals surface area (Å²) < 4.78 is 0. The van der Waals surface area contributed by atoms with Gasteiger partial charge < -0.3 is 15.4 Å². The molecule has 3 rings (SSSR count). The van der Waals surface area contributed by atoms with E-state index in [1.165, 1.54) is 5.56 Å². The van der Waals surface area contributed by atoms with E-state index < -0.39 is 0 Å². The molecule has 1 unspecified atom stereocenters. The van der Waals surface area contributed by atoms with Crippen LogP contribution >= 0.6 is 0 Å². The zero-order valence-electron chi connectivity index (χ0n) is 10.7. The van der Waals surface area contributed by atoms with Crippen molar-refractivity contribution < 1.29 is 9.59 Å². The summed E-state index contributed by atoms with van der Waals surface area (Å²) in [7, 11) is 0. The van der Waals surface area contributed by atoms with Gasteiger partial charge in [0.25, 0.3) is 0 Å². The summed E-state index contributed by atoms with van der Waals surface area (Å²) in [6.45, 7) is 1.49. The Bertz CT molecular complexity index is 474. The second-order valence-electron chi connectivity index (χ2n) is 5.35. The number of aldehydes is 1. The maximum atomic E-state index is 11.9. The Labute approximate surface area is 112 Å². The van der Waals surface area contributed by atoms with E-state index in [1.54, 1.807) is 0 Å². The molecule has 4 nitrogen and oxygen atoms in total. The molecule has 2 aliphatic rings. The summed E-state index contributed by atoms with van der Waals surface area (Å²) >= 11 is 0. The number of hydrogen-bond donors (Lipinski definition) is 2. The topological polar surface area (TPSA) is 58.2 Å². The molecule has 100 valence electrons. The Kier molecular flexibility index (Phi) is 3.34. The van der Waals surface area contributed by atoms with Gasteiger partial charge >= 0.3 is 0 Å². The molecule has 1 amide bonds. The predicted molar refractivity (Wildman–Crippen MR) is 71.6 cm³/mol. The van der Waals surface area contributed by atoms with Crippen LogP contribution in [0.25, 0.3) is 0 Å². The second kappa shape index (κ2) is 5.13. The van der Waals surface area contributed by atoms with Crippen molar-refractivity contribution in [3.8, 4) is 0 Å². The molecule has 0 radical (unpaired) electrons. The zero-order chi connectivity index (χ0) is 13.2. The highest BCUT2D eigenvalue weighted by atomic mass is 16.2. The summed E-state index contributed by atoms with van der Waals surface area (Å²) in [6, 6.07) is 9.96. The van der Waals surface area contributed by atoms with Gasteiger partial charge in [-0.25, -0.2) is 0 Å². The van der Waals surface area contributed by atoms with Gasteiger partial charge in [-0.1, -0.05) is 30.3 Å². The van der Waals surface area contributed by atoms with Crippen LogP contribution in [0.4, 0.5) is 0 Å². The van der Waals surface area contributed by atoms with Crippen molar-refractivity contribution in [1.82, 2.24) is 10.6 Å². The molecule has 1 aromatic carbocycles. The van der Waals surface area contributed by atoms with Crippen LogP contribution in [0.5, 0.6) is 0 Å². The van der Waals surface area contributed by atoms with E-state index >= 15 is 0 Å². The van der Waals surface area contributed by atoms with E-state index in [9.17, 15) is 9.59 Å². The minimum Gasteiger partial charge on any atom is -0.356 e. The lowest BCUT2D eigenvalue weighted by molar-refractivity contribution is -0.124. The highest BCUT2D eigenvalue weighted by molar-refractivity contribution is 5.82. The van der Waals surface area contributed by atoms with Crippen molar-refractivity contribution in [1.29, 1.82) is 0 Å². The number of rotatable bonds is 3. The first-order valence-electron chi connectivity index (χ1n) is 6.82. The Balaban J connectivity index is 1.91. The van der Waals surface area contributed by atoms with Gasteiger partial charge in [0.15, 0.2) is 0 Å². The first-order valence-corrected chi connectivity index (χ1v) is 6.82. The lowest BCUT2D eigenvalue weighted by Crippen LogP contribution is -2.36. The molecule has 2 heterocycles. The molecule has 0 aromatic heterocycles. The van der Waals surface area contributed by atoms with Gasteiger partial charge in [0.2, 0.25) is 5.91 Å². The smallest absolute Gasteiger partial charge is 0.223 e. The van der Waals surface area contributed by atoms with E-state index in [2.05, 4.69) is 22.8 Å². The number of nitrogens with one attached hydrogen (secondary N) is 2. The fourth-order valence-corrected chi connectivity index (χ4v) is 3.48. The normalized spacial score (nSPS) is 34.2. The van der Waals surface area contributed by atoms with E-state index in [0.29, 0.717) is 0 Å². The molecule has 2 aliphatic heterocycles. The predicted octanol–water partition coefficient (Wildman–Crippen LogP) is 0.693. The average Bonchev–Trinajstić information content (AvgIpc) is 3.04. The summed E-state index contributed by atoms with van der Waals surface area (Å²) in [5, 5.41) is 6.13. The van der Waals surface area contributed by atoms with Gasteiger partial charge in [0.1, 0.15) is 6.29 Å². The molecule has 0 bridgehead atoms. The molecule has 1 aromatic rings. The molecule has 0 aliphatic carbocycles. The number of benzene rings is 1. The van der Waals surface area contributed by atoms with Gasteiger partial charge in [0, 0.05) is 30.8 Å². The van der Waals surface area contributed by atoms with Crippen molar-refractivity contribution in [3.05, 3.63) is 35.9 Å². The van der Waals surface area contributed by atoms with Crippen LogP contribution in [0.3, 0.4) is 0 Å². The molecule has 0 saturated carbocycles. The fraction of sp³-hybridized carbons (Fsp3) is 0.467. The summed E-state index contributed by atoms with van der Waals surface area (Å²) in [4.78, 5) is 23.2. The molecular formula is C15H18N2O2. The molecule has 19 heavy (non-hydrogen) atoms. The number of hydrogen-bond acceptors (Lipinski definition) is 3. The Morgan fingerprint density at radius 2 is 1.95 bits per heavy atom. The van der Waals surface area contributed by atoms with Crippen LogP contribution in [0.15, 0.2) is 30.3 Å². The summed E-state index contributed by atoms with van der Waals surface area (Å²) in [6.07, 6.45) is 1.79. The molecule has 0 spiro atoms. The van der Waals surface area contributed by atoms with E-state index in [-0.39, 0.29) is 29.7 Å². The minimum atomic E-state index is -0.209. The van der Waals surface area contributed by atoms with Crippen molar-refractivity contribution >= 4 is 12.2 Å². The van der Waals surface area contributed by atoms with Crippen LogP contribution in [-0.4, -0.2) is 31.3 Å². The monoisotopic (exact) mass is 258 g/mol. The first kappa shape index (κ1) is 12.4. The van der Waals surface area contributed by atoms with E-state index in [0.717, 1.165) is 25.8 Å². The quantitative estimate of drug-likeness (QED) is 0.784. The van der Waals surface area contributed by atoms with E-state index in [4.69, 9.17) is 0 Å². The summed E-state index contributed by atoms with van der Waals surface area (Å²) in [5.41, 5.74) is 1.21. The van der Waals surface area contributed by atoms with Crippen LogP contribution in [0.1, 0.15) is 17.9 Å². The maximum absolute atomic E-state index is 11.9. The van der Waals surface area contributed by atoms with Gasteiger partial charge in [-0.05, 0) is 12.0 Å². The number of carbonyl (C=O) groups excluding carboxylic acids is 2. The summed E-state index contributed by atoms with van der Waals surface area (Å²) in [5.74, 6) is 0.365. The third kappa shape index (κ3) is 2.16. The standard InChI is InChI=1S/C15H18N2O2/c18-9-13-14(11-6-7-16-15(11)19)12(8-17-13)10-4-2-1-3-5-10/h1-5,9,11-14,17H,6-8H2,(H,16,19)/t11-,12+,13+,14?/m0/s1. The molecule has 2 fully saturated rings. The highest BCUT2D eigenvalue weighted by Gasteiger charge is 2.45. The SMILES string of the molecule is O=C[C@H]1NC[C@H](c2ccccc2)C1[C@@H]1CCNC1=O. The molecule has 2 saturated heterocycles. The van der Waals surface area contributed by atoms with Gasteiger partial charge in [-0.2, -0.15) is 0 Å². The molecule has 4 heteroatoms. The third-order valence-corrected chi connectivity index (χ3v) is 4.38. The molecular weight excluding hydrogens is 240 g/mol. The highest BCUT2D eigenvalue weighted by Crippen LogP contribution is 2.39. The van der Waals surface area contributed by atoms with Crippen LogP contribution in [0, 0.1) is 11.8 Å². The van der Waals surface area contributed by atoms with Crippen LogP contribution in [0.2, 0.25) is 0 Å². The molecule has 4 atom stereocenters. The first-order chi connectivity index (χ1) is 9.31. The van der Waals surface area contributed by atoms with Gasteiger partial charge in [0.05, 0.1) is 6.04 Å². The molecule has 2 N–H and O–H groups in total. The third-order valence-electron chi connectivity index (χ3n) is 4.38. The van der Waals surface area contributed by atoms with Crippen LogP contribution in [-0.2, 0) is 9.59 Å². The number of carbonyl (C=O) groups is 2. The maximum Gasteiger partial charge on any atom is 0.223 e. The lowest BCUT2D eigenvalue weighted by atomic mass is 9.76. The number of amides is 1. The largest absolute Gasteiger partial charge is 0.356 e. The zero-order valence-corrected chi connectivity index (χ0v) is 10.7. The average molecular weight is 258 g/mol. The van der Waals surface area contributed by atoms with E-state index in [1.807, 2.05) is 18.2 Å². The minimum absolute atomic E-state index is 0.0459. The Morgan fingerprint density at radius 1 is 1.16 bits per heavy atom. The van der Waals surface area contributed by atoms with Crippen molar-refractivity contribution in [2.45, 2.75) is 18.4 Å². The van der Waals surface area contributed by atoms with Crippen molar-refractivity contribution in [2.75, 3.05) is 13.1 Å². The lowest BCUT2D eigenvalue weighted by Gasteiger charge is -2.25. The Morgan fingerprint density at radius 3 is 2.58 bits per heavy atom. The second-order valence-corrected chi connectivity index (χ2v) is 5.35. The van der Waals surface area contributed by atoms with Crippen LogP contribution < -0.4 is 10.6 Å². The Hall–Kier alpha value is -1.68. The van der Waals surface area contributed by atoms with Gasteiger partial charge in [-0.15, -0.1) is 0 Å². The van der Waals surface area contributed by atoms with Gasteiger partial charge in [-0.3, -0.25) is 4.79 Å². The van der Waals surface area contributed by atoms with Crippen molar-refractivity contribution in [3.63, 3.8) is 0 Å². The fourth-order valence-electron chi connectivity index (χ4n) is 3.48. The van der Waals surface area contributed by atoms with Crippen molar-refractivity contribution in [2.24, 2.45) is 11.8 Å².